The smallest absolute Gasteiger partial charge is 0.269 e. The maximum Gasteiger partial charge on any atom is 0.269 e. The van der Waals surface area contributed by atoms with Crippen molar-refractivity contribution in [1.29, 1.82) is 0 Å². The highest BCUT2D eigenvalue weighted by Crippen LogP contribution is 2.23. The second-order valence-electron chi connectivity index (χ2n) is 4.70. The number of nitro groups is 1. The molecule has 1 saturated heterocycles. The average molecular weight is 300 g/mol. The molecule has 5 atom stereocenters. The number of nitrogens with one attached hydrogen (secondary N) is 1. The third-order valence-electron chi connectivity index (χ3n) is 3.28. The van der Waals surface area contributed by atoms with Crippen molar-refractivity contribution >= 4 is 11.4 Å². The van der Waals surface area contributed by atoms with Gasteiger partial charge in [-0.1, -0.05) is 0 Å². The van der Waals surface area contributed by atoms with Gasteiger partial charge in [0.1, 0.15) is 24.4 Å². The summed E-state index contributed by atoms with van der Waals surface area (Å²) in [5, 5.41) is 51.5. The van der Waals surface area contributed by atoms with E-state index in [1.54, 1.807) is 0 Å². The Morgan fingerprint density at radius 2 is 1.76 bits per heavy atom. The molecule has 0 aliphatic carbocycles. The van der Waals surface area contributed by atoms with Crippen LogP contribution >= 0.6 is 0 Å². The van der Waals surface area contributed by atoms with Crippen LogP contribution in [0.4, 0.5) is 11.4 Å². The number of aliphatic hydroxyl groups excluding tert-OH is 4. The summed E-state index contributed by atoms with van der Waals surface area (Å²) in [6, 6.07) is 5.37. The Morgan fingerprint density at radius 3 is 2.29 bits per heavy atom. The first kappa shape index (κ1) is 15.6. The van der Waals surface area contributed by atoms with Crippen LogP contribution in [-0.2, 0) is 4.74 Å². The maximum atomic E-state index is 10.5. The number of benzene rings is 1. The lowest BCUT2D eigenvalue weighted by Crippen LogP contribution is -2.60. The fourth-order valence-electron chi connectivity index (χ4n) is 2.06. The van der Waals surface area contributed by atoms with E-state index in [1.165, 1.54) is 24.3 Å². The number of rotatable bonds is 4. The summed E-state index contributed by atoms with van der Waals surface area (Å²) in [6.45, 7) is -0.524. The van der Waals surface area contributed by atoms with Gasteiger partial charge in [-0.3, -0.25) is 10.1 Å². The second kappa shape index (κ2) is 6.33. The van der Waals surface area contributed by atoms with Gasteiger partial charge in [0.25, 0.3) is 5.69 Å². The summed E-state index contributed by atoms with van der Waals surface area (Å²) in [6.07, 6.45) is -6.41. The minimum Gasteiger partial charge on any atom is -0.394 e. The molecule has 0 bridgehead atoms. The fourth-order valence-corrected chi connectivity index (χ4v) is 2.06. The number of non-ortho nitro benzene ring substituents is 1. The highest BCUT2D eigenvalue weighted by atomic mass is 16.6. The minimum atomic E-state index is -1.48. The van der Waals surface area contributed by atoms with E-state index in [2.05, 4.69) is 5.32 Å². The van der Waals surface area contributed by atoms with E-state index < -0.39 is 42.2 Å². The Labute approximate surface area is 119 Å². The number of nitro benzene ring substituents is 1. The standard InChI is InChI=1S/C12H16N2O7/c15-5-8-9(16)10(17)11(18)12(21-8)13-6-1-3-7(4-2-6)14(19)20/h1-4,8-13,15-18H,5H2/t8-,9+,10-,11+,12-/m1/s1. The number of anilines is 1. The third-order valence-corrected chi connectivity index (χ3v) is 3.28. The van der Waals surface area contributed by atoms with Crippen LogP contribution in [0.25, 0.3) is 0 Å². The lowest BCUT2D eigenvalue weighted by atomic mass is 9.98. The highest BCUT2D eigenvalue weighted by Gasteiger charge is 2.43. The van der Waals surface area contributed by atoms with Gasteiger partial charge in [-0.05, 0) is 12.1 Å². The number of ether oxygens (including phenoxy) is 1. The maximum absolute atomic E-state index is 10.5. The normalized spacial score (nSPS) is 32.7. The van der Waals surface area contributed by atoms with Crippen LogP contribution in [0.2, 0.25) is 0 Å². The van der Waals surface area contributed by atoms with Crippen LogP contribution < -0.4 is 5.32 Å². The van der Waals surface area contributed by atoms with Gasteiger partial charge in [-0.2, -0.15) is 0 Å². The van der Waals surface area contributed by atoms with Gasteiger partial charge in [0.2, 0.25) is 0 Å². The fraction of sp³-hybridized carbons (Fsp3) is 0.500. The first-order chi connectivity index (χ1) is 9.93. The predicted octanol–water partition coefficient (Wildman–Crippen LogP) is -1.19. The summed E-state index contributed by atoms with van der Waals surface area (Å²) >= 11 is 0. The number of hydrogen-bond acceptors (Lipinski definition) is 8. The van der Waals surface area contributed by atoms with Gasteiger partial charge in [-0.25, -0.2) is 0 Å². The molecular formula is C12H16N2O7. The van der Waals surface area contributed by atoms with Gasteiger partial charge < -0.3 is 30.5 Å². The first-order valence-corrected chi connectivity index (χ1v) is 6.25. The van der Waals surface area contributed by atoms with E-state index in [0.29, 0.717) is 5.69 Å². The topological polar surface area (TPSA) is 145 Å². The van der Waals surface area contributed by atoms with Crippen molar-refractivity contribution in [2.75, 3.05) is 11.9 Å². The Bertz CT molecular complexity index is 493. The molecule has 9 heteroatoms. The molecule has 0 radical (unpaired) electrons. The molecule has 0 aromatic heterocycles. The minimum absolute atomic E-state index is 0.0886. The van der Waals surface area contributed by atoms with Crippen molar-refractivity contribution in [3.8, 4) is 0 Å². The molecule has 9 nitrogen and oxygen atoms in total. The SMILES string of the molecule is O=[N+]([O-])c1ccc(N[C@@H]2O[C@H](CO)[C@H](O)[C@@H](O)[C@@H]2O)cc1. The largest absolute Gasteiger partial charge is 0.394 e. The van der Waals surface area contributed by atoms with Gasteiger partial charge in [0.15, 0.2) is 6.23 Å². The first-order valence-electron chi connectivity index (χ1n) is 6.25. The van der Waals surface area contributed by atoms with E-state index in [1.807, 2.05) is 0 Å². The Morgan fingerprint density at radius 1 is 1.14 bits per heavy atom. The molecule has 1 heterocycles. The van der Waals surface area contributed by atoms with E-state index in [9.17, 15) is 25.4 Å². The van der Waals surface area contributed by atoms with Crippen LogP contribution in [0.3, 0.4) is 0 Å². The molecule has 0 amide bonds. The summed E-state index contributed by atoms with van der Waals surface area (Å²) in [7, 11) is 0. The van der Waals surface area contributed by atoms with Gasteiger partial charge in [0.05, 0.1) is 11.5 Å². The summed E-state index contributed by atoms with van der Waals surface area (Å²) in [5.74, 6) is 0. The molecule has 2 rings (SSSR count). The van der Waals surface area contributed by atoms with Crippen molar-refractivity contribution in [3.05, 3.63) is 34.4 Å². The van der Waals surface area contributed by atoms with E-state index in [-0.39, 0.29) is 5.69 Å². The molecule has 1 aromatic rings. The molecule has 116 valence electrons. The molecule has 1 aromatic carbocycles. The predicted molar refractivity (Wildman–Crippen MR) is 70.5 cm³/mol. The molecule has 1 aliphatic heterocycles. The molecule has 1 aliphatic rings. The zero-order valence-electron chi connectivity index (χ0n) is 10.9. The average Bonchev–Trinajstić information content (AvgIpc) is 2.48. The van der Waals surface area contributed by atoms with Crippen LogP contribution in [0, 0.1) is 10.1 Å². The second-order valence-corrected chi connectivity index (χ2v) is 4.70. The monoisotopic (exact) mass is 300 g/mol. The molecule has 0 saturated carbocycles. The lowest BCUT2D eigenvalue weighted by Gasteiger charge is -2.40. The number of aliphatic hydroxyl groups is 4. The molecule has 5 N–H and O–H groups in total. The summed E-state index contributed by atoms with van der Waals surface area (Å²) < 4.78 is 5.26. The van der Waals surface area contributed by atoms with Crippen molar-refractivity contribution in [2.45, 2.75) is 30.6 Å². The van der Waals surface area contributed by atoms with Gasteiger partial charge in [0, 0.05) is 17.8 Å². The summed E-state index contributed by atoms with van der Waals surface area (Å²) in [5.41, 5.74) is 0.333. The summed E-state index contributed by atoms with van der Waals surface area (Å²) in [4.78, 5) is 10.0. The Balaban J connectivity index is 2.08. The lowest BCUT2D eigenvalue weighted by molar-refractivity contribution is -0.384. The molecule has 0 spiro atoms. The zero-order valence-corrected chi connectivity index (χ0v) is 10.9. The van der Waals surface area contributed by atoms with Crippen LogP contribution in [0.1, 0.15) is 0 Å². The van der Waals surface area contributed by atoms with E-state index in [0.717, 1.165) is 0 Å². The molecule has 21 heavy (non-hydrogen) atoms. The zero-order chi connectivity index (χ0) is 15.6. The Hall–Kier alpha value is -1.78. The number of nitrogens with zero attached hydrogens (tertiary/aromatic N) is 1. The quantitative estimate of drug-likeness (QED) is 0.344. The van der Waals surface area contributed by atoms with E-state index in [4.69, 9.17) is 9.84 Å². The van der Waals surface area contributed by atoms with Gasteiger partial charge >= 0.3 is 0 Å². The molecule has 1 fully saturated rings. The third kappa shape index (κ3) is 3.28. The van der Waals surface area contributed by atoms with E-state index >= 15 is 0 Å². The van der Waals surface area contributed by atoms with Crippen LogP contribution in [0.15, 0.2) is 24.3 Å². The molecular weight excluding hydrogens is 284 g/mol. The molecule has 0 unspecified atom stereocenters. The van der Waals surface area contributed by atoms with Crippen molar-refractivity contribution < 1.29 is 30.1 Å². The van der Waals surface area contributed by atoms with Crippen LogP contribution in [0.5, 0.6) is 0 Å². The number of hydrogen-bond donors (Lipinski definition) is 5. The van der Waals surface area contributed by atoms with Crippen LogP contribution in [-0.4, -0.2) is 62.6 Å². The van der Waals surface area contributed by atoms with Crippen molar-refractivity contribution in [3.63, 3.8) is 0 Å². The van der Waals surface area contributed by atoms with Crippen molar-refractivity contribution in [1.82, 2.24) is 0 Å². The van der Waals surface area contributed by atoms with Gasteiger partial charge in [-0.15, -0.1) is 0 Å². The highest BCUT2D eigenvalue weighted by molar-refractivity contribution is 5.49. The van der Waals surface area contributed by atoms with Crippen molar-refractivity contribution in [2.24, 2.45) is 0 Å². The Kier molecular flexibility index (Phi) is 4.70.